The molecular formula is C20H24N4O3. The monoisotopic (exact) mass is 368 g/mol. The first-order valence-corrected chi connectivity index (χ1v) is 9.28. The van der Waals surface area contributed by atoms with E-state index < -0.39 is 17.5 Å². The van der Waals surface area contributed by atoms with Gasteiger partial charge in [-0.3, -0.25) is 14.5 Å². The summed E-state index contributed by atoms with van der Waals surface area (Å²) in [5.41, 5.74) is 0.0274. The highest BCUT2D eigenvalue weighted by atomic mass is 16.2. The van der Waals surface area contributed by atoms with Crippen molar-refractivity contribution in [3.63, 3.8) is 0 Å². The van der Waals surface area contributed by atoms with Crippen LogP contribution in [0.4, 0.5) is 4.79 Å². The molecule has 0 radical (unpaired) electrons. The van der Waals surface area contributed by atoms with E-state index >= 15 is 0 Å². The third kappa shape index (κ3) is 3.95. The van der Waals surface area contributed by atoms with E-state index in [1.807, 2.05) is 36.4 Å². The molecule has 4 amide bonds. The first-order chi connectivity index (χ1) is 12.9. The van der Waals surface area contributed by atoms with Gasteiger partial charge in [-0.1, -0.05) is 37.3 Å². The number of hydrogen-bond donors (Lipinski definition) is 1. The molecule has 0 aromatic heterocycles. The van der Waals surface area contributed by atoms with Gasteiger partial charge in [-0.2, -0.15) is 5.26 Å². The summed E-state index contributed by atoms with van der Waals surface area (Å²) in [5.74, 6) is -0.192. The first-order valence-electron chi connectivity index (χ1n) is 9.28. The molecule has 2 fully saturated rings. The van der Waals surface area contributed by atoms with Crippen molar-refractivity contribution in [2.24, 2.45) is 5.92 Å². The molecule has 1 heterocycles. The summed E-state index contributed by atoms with van der Waals surface area (Å²) in [7, 11) is 0. The Kier molecular flexibility index (Phi) is 5.45. The van der Waals surface area contributed by atoms with Gasteiger partial charge in [0.25, 0.3) is 5.91 Å². The molecule has 3 rings (SSSR count). The molecule has 7 nitrogen and oxygen atoms in total. The Hall–Kier alpha value is -2.88. The van der Waals surface area contributed by atoms with Gasteiger partial charge in [0, 0.05) is 6.54 Å². The minimum absolute atomic E-state index is 0.0972. The largest absolute Gasteiger partial charge is 0.325 e. The number of rotatable bonds is 5. The summed E-state index contributed by atoms with van der Waals surface area (Å²) in [4.78, 5) is 40.3. The summed E-state index contributed by atoms with van der Waals surface area (Å²) < 4.78 is 0. The molecule has 1 N–H and O–H groups in total. The van der Waals surface area contributed by atoms with E-state index in [-0.39, 0.29) is 25.5 Å². The van der Waals surface area contributed by atoms with Crippen molar-refractivity contribution < 1.29 is 14.4 Å². The van der Waals surface area contributed by atoms with Crippen LogP contribution in [0.1, 0.15) is 38.2 Å². The number of urea groups is 1. The van der Waals surface area contributed by atoms with E-state index in [9.17, 15) is 14.4 Å². The number of nitrogens with one attached hydrogen (secondary N) is 1. The lowest BCUT2D eigenvalue weighted by Gasteiger charge is -2.33. The highest BCUT2D eigenvalue weighted by molar-refractivity contribution is 6.09. The van der Waals surface area contributed by atoms with Crippen LogP contribution in [0, 0.1) is 17.2 Å². The van der Waals surface area contributed by atoms with Crippen molar-refractivity contribution in [1.82, 2.24) is 15.1 Å². The van der Waals surface area contributed by atoms with Crippen LogP contribution in [0.15, 0.2) is 30.3 Å². The van der Waals surface area contributed by atoms with Crippen LogP contribution in [0.25, 0.3) is 0 Å². The van der Waals surface area contributed by atoms with Crippen molar-refractivity contribution in [3.8, 4) is 6.07 Å². The van der Waals surface area contributed by atoms with Gasteiger partial charge in [0.2, 0.25) is 5.91 Å². The van der Waals surface area contributed by atoms with E-state index in [1.54, 1.807) is 0 Å². The maximum Gasteiger partial charge on any atom is 0.325 e. The minimum atomic E-state index is -0.858. The lowest BCUT2D eigenvalue weighted by Crippen LogP contribution is -2.50. The number of carbonyl (C=O) groups is 3. The fourth-order valence-corrected chi connectivity index (χ4v) is 3.77. The van der Waals surface area contributed by atoms with E-state index in [0.717, 1.165) is 23.3 Å². The number of nitrogens with zero attached hydrogens (tertiary/aromatic N) is 3. The number of hydrogen-bond acceptors (Lipinski definition) is 4. The van der Waals surface area contributed by atoms with Crippen LogP contribution in [0.3, 0.4) is 0 Å². The summed E-state index contributed by atoms with van der Waals surface area (Å²) >= 11 is 0. The van der Waals surface area contributed by atoms with Crippen LogP contribution in [-0.2, 0) is 16.1 Å². The van der Waals surface area contributed by atoms with E-state index in [2.05, 4.69) is 12.2 Å². The lowest BCUT2D eigenvalue weighted by molar-refractivity contribution is -0.139. The molecule has 27 heavy (non-hydrogen) atoms. The molecule has 1 aliphatic carbocycles. The number of carbonyl (C=O) groups excluding carboxylic acids is 3. The average Bonchev–Trinajstić information content (AvgIpc) is 2.89. The summed E-state index contributed by atoms with van der Waals surface area (Å²) in [6.45, 7) is 1.97. The molecular weight excluding hydrogens is 344 g/mol. The highest BCUT2D eigenvalue weighted by Crippen LogP contribution is 2.36. The fraction of sp³-hybridized carbons (Fsp3) is 0.500. The molecule has 0 bridgehead atoms. The van der Waals surface area contributed by atoms with E-state index in [4.69, 9.17) is 5.26 Å². The van der Waals surface area contributed by atoms with Gasteiger partial charge in [0.1, 0.15) is 18.6 Å². The second-order valence-corrected chi connectivity index (χ2v) is 7.48. The molecule has 0 atom stereocenters. The third-order valence-electron chi connectivity index (χ3n) is 5.50. The van der Waals surface area contributed by atoms with Gasteiger partial charge in [0.05, 0.1) is 6.07 Å². The van der Waals surface area contributed by atoms with Crippen LogP contribution in [-0.4, -0.2) is 46.3 Å². The minimum Gasteiger partial charge on any atom is -0.323 e. The topological polar surface area (TPSA) is 93.5 Å². The van der Waals surface area contributed by atoms with Gasteiger partial charge >= 0.3 is 6.03 Å². The van der Waals surface area contributed by atoms with Gasteiger partial charge in [0.15, 0.2) is 0 Å². The lowest BCUT2D eigenvalue weighted by atomic mass is 9.77. The normalized spacial score (nSPS) is 24.6. The summed E-state index contributed by atoms with van der Waals surface area (Å²) in [6.07, 6.45) is 2.97. The van der Waals surface area contributed by atoms with E-state index in [0.29, 0.717) is 18.8 Å². The molecule has 1 aromatic rings. The van der Waals surface area contributed by atoms with Crippen molar-refractivity contribution in [2.75, 3.05) is 13.1 Å². The van der Waals surface area contributed by atoms with Crippen LogP contribution < -0.4 is 5.32 Å². The molecule has 1 spiro atoms. The average molecular weight is 368 g/mol. The summed E-state index contributed by atoms with van der Waals surface area (Å²) in [5, 5.41) is 11.9. The van der Waals surface area contributed by atoms with Crippen LogP contribution in [0.5, 0.6) is 0 Å². The van der Waals surface area contributed by atoms with Gasteiger partial charge in [-0.15, -0.1) is 0 Å². The zero-order valence-electron chi connectivity index (χ0n) is 15.5. The number of amides is 4. The van der Waals surface area contributed by atoms with Crippen molar-refractivity contribution >= 4 is 17.8 Å². The first kappa shape index (κ1) is 18.9. The van der Waals surface area contributed by atoms with Gasteiger partial charge in [-0.25, -0.2) is 4.79 Å². The Morgan fingerprint density at radius 3 is 2.59 bits per heavy atom. The molecule has 142 valence electrons. The molecule has 1 saturated heterocycles. The zero-order chi connectivity index (χ0) is 19.4. The highest BCUT2D eigenvalue weighted by Gasteiger charge is 2.52. The summed E-state index contributed by atoms with van der Waals surface area (Å²) in [6, 6.07) is 10.8. The Morgan fingerprint density at radius 2 is 1.96 bits per heavy atom. The van der Waals surface area contributed by atoms with Gasteiger partial charge < -0.3 is 10.2 Å². The van der Waals surface area contributed by atoms with Crippen molar-refractivity contribution in [2.45, 2.75) is 44.7 Å². The SMILES string of the molecule is CC1CCC2(CC1)NC(=O)N(CC(=O)N(CC#N)Cc1ccccc1)C2=O. The number of benzene rings is 1. The molecule has 1 aliphatic heterocycles. The molecule has 2 aliphatic rings. The predicted octanol–water partition coefficient (Wildman–Crippen LogP) is 2.04. The molecule has 0 unspecified atom stereocenters. The zero-order valence-corrected chi connectivity index (χ0v) is 15.5. The smallest absolute Gasteiger partial charge is 0.323 e. The molecule has 1 aromatic carbocycles. The van der Waals surface area contributed by atoms with E-state index in [1.165, 1.54) is 4.90 Å². The predicted molar refractivity (Wildman–Crippen MR) is 98.1 cm³/mol. The Balaban J connectivity index is 1.69. The van der Waals surface area contributed by atoms with Crippen molar-refractivity contribution in [1.29, 1.82) is 5.26 Å². The Labute approximate surface area is 158 Å². The fourth-order valence-electron chi connectivity index (χ4n) is 3.77. The third-order valence-corrected chi connectivity index (χ3v) is 5.50. The number of imide groups is 1. The van der Waals surface area contributed by atoms with Gasteiger partial charge in [-0.05, 0) is 37.2 Å². The maximum absolute atomic E-state index is 12.9. The Bertz CT molecular complexity index is 763. The molecule has 7 heteroatoms. The maximum atomic E-state index is 12.9. The van der Waals surface area contributed by atoms with Crippen LogP contribution >= 0.6 is 0 Å². The standard InChI is InChI=1S/C20H24N4O3/c1-15-7-9-20(10-8-15)18(26)24(19(27)22-20)14-17(25)23(12-11-21)13-16-5-3-2-4-6-16/h2-6,15H,7-10,12-14H2,1H3,(H,22,27). The second kappa shape index (κ2) is 7.78. The Morgan fingerprint density at radius 1 is 1.30 bits per heavy atom. The quantitative estimate of drug-likeness (QED) is 0.636. The number of nitriles is 1. The molecule has 1 saturated carbocycles. The van der Waals surface area contributed by atoms with Crippen LogP contribution in [0.2, 0.25) is 0 Å². The van der Waals surface area contributed by atoms with Crippen molar-refractivity contribution in [3.05, 3.63) is 35.9 Å². The second-order valence-electron chi connectivity index (χ2n) is 7.48.